The second-order valence-corrected chi connectivity index (χ2v) is 6.61. The van der Waals surface area contributed by atoms with Crippen molar-refractivity contribution in [1.82, 2.24) is 5.32 Å². The van der Waals surface area contributed by atoms with Gasteiger partial charge in [-0.25, -0.2) is 0 Å². The average Bonchev–Trinajstić information content (AvgIpc) is 2.56. The lowest BCUT2D eigenvalue weighted by atomic mass is 10.1. The Balaban J connectivity index is 1.81. The molecule has 1 amide bonds. The van der Waals surface area contributed by atoms with E-state index in [-0.39, 0.29) is 17.7 Å². The van der Waals surface area contributed by atoms with Gasteiger partial charge in [0.05, 0.1) is 13.1 Å². The fourth-order valence-electron chi connectivity index (χ4n) is 2.60. The van der Waals surface area contributed by atoms with Gasteiger partial charge in [0, 0.05) is 10.6 Å². The summed E-state index contributed by atoms with van der Waals surface area (Å²) >= 11 is 5.87. The van der Waals surface area contributed by atoms with E-state index in [2.05, 4.69) is 10.1 Å². The number of hydrogen-bond acceptors (Lipinski definition) is 2. The first-order valence-electron chi connectivity index (χ1n) is 8.23. The van der Waals surface area contributed by atoms with Gasteiger partial charge in [-0.15, -0.1) is 0 Å². The zero-order chi connectivity index (χ0) is 19.1. The lowest BCUT2D eigenvalue weighted by Crippen LogP contribution is -3.08. The molecule has 4 nitrogen and oxygen atoms in total. The summed E-state index contributed by atoms with van der Waals surface area (Å²) in [5.74, 6) is 0.0542. The van der Waals surface area contributed by atoms with E-state index in [1.54, 1.807) is 24.3 Å². The molecule has 2 aromatic carbocycles. The summed E-state index contributed by atoms with van der Waals surface area (Å²) in [7, 11) is 1.90. The number of hydrogen-bond donors (Lipinski definition) is 2. The van der Waals surface area contributed by atoms with Crippen LogP contribution in [0.3, 0.4) is 0 Å². The van der Waals surface area contributed by atoms with E-state index in [0.29, 0.717) is 18.1 Å². The number of ether oxygens (including phenoxy) is 1. The summed E-state index contributed by atoms with van der Waals surface area (Å²) < 4.78 is 28.6. The third kappa shape index (κ3) is 6.61. The number of nitrogens with one attached hydrogen (secondary N) is 2. The molecule has 0 aromatic heterocycles. The molecule has 0 radical (unpaired) electrons. The maximum absolute atomic E-state index is 12.2. The minimum atomic E-state index is -2.83. The monoisotopic (exact) mass is 383 g/mol. The highest BCUT2D eigenvalue weighted by Crippen LogP contribution is 2.16. The summed E-state index contributed by atoms with van der Waals surface area (Å²) in [6.07, 6.45) is 0. The maximum Gasteiger partial charge on any atom is 0.387 e. The number of likely N-dealkylation sites (N-methyl/N-ethyl adjacent to an activating group) is 1. The molecule has 2 aromatic rings. The van der Waals surface area contributed by atoms with Crippen LogP contribution in [0.15, 0.2) is 48.5 Å². The Labute approximate surface area is 156 Å². The van der Waals surface area contributed by atoms with Crippen molar-refractivity contribution in [2.75, 3.05) is 13.6 Å². The van der Waals surface area contributed by atoms with Crippen molar-refractivity contribution in [1.29, 1.82) is 0 Å². The number of halogens is 3. The normalized spacial score (nSPS) is 13.3. The smallest absolute Gasteiger partial charge is 0.387 e. The molecule has 0 aliphatic heterocycles. The molecule has 0 bridgehead atoms. The van der Waals surface area contributed by atoms with Crippen LogP contribution in [-0.2, 0) is 11.3 Å². The molecule has 26 heavy (non-hydrogen) atoms. The molecule has 7 heteroatoms. The van der Waals surface area contributed by atoms with Gasteiger partial charge in [0.1, 0.15) is 12.3 Å². The number of quaternary nitrogens is 1. The molecule has 1 unspecified atom stereocenters. The highest BCUT2D eigenvalue weighted by atomic mass is 35.5. The van der Waals surface area contributed by atoms with E-state index in [1.807, 2.05) is 26.1 Å². The van der Waals surface area contributed by atoms with E-state index >= 15 is 0 Å². The number of rotatable bonds is 8. The molecule has 0 aliphatic carbocycles. The van der Waals surface area contributed by atoms with Crippen LogP contribution in [-0.4, -0.2) is 26.1 Å². The van der Waals surface area contributed by atoms with Crippen molar-refractivity contribution < 1.29 is 23.2 Å². The summed E-state index contributed by atoms with van der Waals surface area (Å²) in [5, 5.41) is 3.61. The van der Waals surface area contributed by atoms with Gasteiger partial charge in [-0.05, 0) is 48.9 Å². The Morgan fingerprint density at radius 1 is 1.15 bits per heavy atom. The first-order valence-corrected chi connectivity index (χ1v) is 8.61. The van der Waals surface area contributed by atoms with Crippen LogP contribution < -0.4 is 15.0 Å². The molecule has 0 heterocycles. The molecular formula is C19H22ClF2N2O2+. The molecule has 2 N–H and O–H groups in total. The van der Waals surface area contributed by atoms with E-state index in [0.717, 1.165) is 16.0 Å². The predicted octanol–water partition coefficient (Wildman–Crippen LogP) is 2.83. The van der Waals surface area contributed by atoms with Gasteiger partial charge in [0.2, 0.25) is 0 Å². The molecule has 140 valence electrons. The second kappa shape index (κ2) is 9.50. The maximum atomic E-state index is 12.2. The molecule has 0 saturated carbocycles. The highest BCUT2D eigenvalue weighted by molar-refractivity contribution is 6.30. The van der Waals surface area contributed by atoms with Crippen LogP contribution in [0.4, 0.5) is 8.78 Å². The molecule has 0 spiro atoms. The van der Waals surface area contributed by atoms with Crippen molar-refractivity contribution in [3.8, 4) is 5.75 Å². The number of carbonyl (C=O) groups is 1. The highest BCUT2D eigenvalue weighted by Gasteiger charge is 2.14. The minimum absolute atomic E-state index is 0.0670. The Morgan fingerprint density at radius 2 is 1.77 bits per heavy atom. The van der Waals surface area contributed by atoms with Crippen molar-refractivity contribution in [3.05, 3.63) is 64.7 Å². The van der Waals surface area contributed by atoms with Crippen molar-refractivity contribution in [3.63, 3.8) is 0 Å². The Morgan fingerprint density at radius 3 is 2.35 bits per heavy atom. The first-order chi connectivity index (χ1) is 12.3. The molecule has 2 rings (SSSR count). The zero-order valence-electron chi connectivity index (χ0n) is 14.6. The van der Waals surface area contributed by atoms with Crippen LogP contribution in [0.25, 0.3) is 0 Å². The van der Waals surface area contributed by atoms with Gasteiger partial charge in [0.25, 0.3) is 5.91 Å². The van der Waals surface area contributed by atoms with Gasteiger partial charge >= 0.3 is 6.61 Å². The van der Waals surface area contributed by atoms with Crippen molar-refractivity contribution in [2.24, 2.45) is 0 Å². The number of benzene rings is 2. The Bertz CT molecular complexity index is 708. The van der Waals surface area contributed by atoms with E-state index in [1.165, 1.54) is 12.1 Å². The van der Waals surface area contributed by atoms with Gasteiger partial charge in [-0.2, -0.15) is 8.78 Å². The van der Waals surface area contributed by atoms with E-state index in [9.17, 15) is 13.6 Å². The quantitative estimate of drug-likeness (QED) is 0.736. The molecule has 2 atom stereocenters. The Kier molecular flexibility index (Phi) is 7.36. The number of carbonyl (C=O) groups excluding carboxylic acids is 1. The SMILES string of the molecule is C[C@H](NC(=O)C[NH+](C)Cc1ccc(OC(F)F)cc1)c1ccc(Cl)cc1. The average molecular weight is 384 g/mol. The summed E-state index contributed by atoms with van der Waals surface area (Å²) in [6, 6.07) is 13.7. The van der Waals surface area contributed by atoms with Gasteiger partial charge < -0.3 is 15.0 Å². The van der Waals surface area contributed by atoms with Gasteiger partial charge in [-0.3, -0.25) is 4.79 Å². The molecule has 0 saturated heterocycles. The van der Waals surface area contributed by atoms with Crippen molar-refractivity contribution >= 4 is 17.5 Å². The molecular weight excluding hydrogens is 362 g/mol. The fourth-order valence-corrected chi connectivity index (χ4v) is 2.73. The fraction of sp³-hybridized carbons (Fsp3) is 0.316. The van der Waals surface area contributed by atoms with E-state index in [4.69, 9.17) is 11.6 Å². The third-order valence-electron chi connectivity index (χ3n) is 3.86. The number of alkyl halides is 2. The van der Waals surface area contributed by atoms with Crippen molar-refractivity contribution in [2.45, 2.75) is 26.1 Å². The largest absolute Gasteiger partial charge is 0.435 e. The molecule has 0 fully saturated rings. The summed E-state index contributed by atoms with van der Waals surface area (Å²) in [6.45, 7) is -0.0242. The Hall–Kier alpha value is -2.18. The first kappa shape index (κ1) is 20.1. The lowest BCUT2D eigenvalue weighted by Gasteiger charge is -2.17. The molecule has 0 aliphatic rings. The summed E-state index contributed by atoms with van der Waals surface area (Å²) in [5.41, 5.74) is 1.91. The number of amides is 1. The topological polar surface area (TPSA) is 42.8 Å². The zero-order valence-corrected chi connectivity index (χ0v) is 15.4. The van der Waals surface area contributed by atoms with Crippen LogP contribution in [0, 0.1) is 0 Å². The predicted molar refractivity (Wildman–Crippen MR) is 96.5 cm³/mol. The van der Waals surface area contributed by atoms with Gasteiger partial charge in [-0.1, -0.05) is 23.7 Å². The summed E-state index contributed by atoms with van der Waals surface area (Å²) in [4.78, 5) is 13.2. The second-order valence-electron chi connectivity index (χ2n) is 6.17. The van der Waals surface area contributed by atoms with Crippen LogP contribution in [0.5, 0.6) is 5.75 Å². The standard InChI is InChI=1S/C19H21ClF2N2O2/c1-13(15-5-7-16(20)8-6-15)23-18(25)12-24(2)11-14-3-9-17(10-4-14)26-19(21)22/h3-10,13,19H,11-12H2,1-2H3,(H,23,25)/p+1/t13-/m0/s1. The minimum Gasteiger partial charge on any atom is -0.435 e. The lowest BCUT2D eigenvalue weighted by molar-refractivity contribution is -0.885. The van der Waals surface area contributed by atoms with E-state index < -0.39 is 6.61 Å². The van der Waals surface area contributed by atoms with Crippen LogP contribution in [0.2, 0.25) is 5.02 Å². The van der Waals surface area contributed by atoms with Crippen LogP contribution >= 0.6 is 11.6 Å². The van der Waals surface area contributed by atoms with Gasteiger partial charge in [0.15, 0.2) is 6.54 Å². The van der Waals surface area contributed by atoms with Crippen LogP contribution in [0.1, 0.15) is 24.1 Å². The third-order valence-corrected chi connectivity index (χ3v) is 4.12.